The fourth-order valence-corrected chi connectivity index (χ4v) is 7.87. The van der Waals surface area contributed by atoms with Gasteiger partial charge in [-0.2, -0.15) is 0 Å². The lowest BCUT2D eigenvalue weighted by atomic mass is 9.92. The molecule has 248 valence electrons. The molecule has 0 spiro atoms. The van der Waals surface area contributed by atoms with Crippen LogP contribution in [0.1, 0.15) is 11.1 Å². The van der Waals surface area contributed by atoms with Crippen molar-refractivity contribution in [2.75, 3.05) is 0 Å². The summed E-state index contributed by atoms with van der Waals surface area (Å²) in [5.74, 6) is 2.40. The maximum absolute atomic E-state index is 7.02. The maximum atomic E-state index is 7.02. The van der Waals surface area contributed by atoms with Crippen molar-refractivity contribution < 1.29 is 9.15 Å². The zero-order valence-corrected chi connectivity index (χ0v) is 28.4. The Morgan fingerprint density at radius 2 is 1.19 bits per heavy atom. The van der Waals surface area contributed by atoms with E-state index in [1.165, 1.54) is 0 Å². The lowest BCUT2D eigenvalue weighted by Crippen LogP contribution is -1.97. The monoisotopic (exact) mass is 679 g/mol. The number of rotatable bonds is 2. The van der Waals surface area contributed by atoms with Gasteiger partial charge in [0.05, 0.1) is 5.52 Å². The van der Waals surface area contributed by atoms with Gasteiger partial charge in [-0.25, -0.2) is 9.97 Å². The van der Waals surface area contributed by atoms with E-state index in [9.17, 15) is 0 Å². The minimum absolute atomic E-state index is 0.766. The first-order chi connectivity index (χ1) is 26.3. The molecule has 0 amide bonds. The maximum Gasteiger partial charge on any atom is 0.146 e. The van der Waals surface area contributed by atoms with Crippen molar-refractivity contribution in [2.45, 2.75) is 0 Å². The number of nitrogens with zero attached hydrogens (tertiary/aromatic N) is 3. The predicted molar refractivity (Wildman–Crippen MR) is 215 cm³/mol. The number of furan rings is 1. The summed E-state index contributed by atoms with van der Waals surface area (Å²) < 4.78 is 15.6. The molecule has 5 heteroatoms. The highest BCUT2D eigenvalue weighted by Crippen LogP contribution is 2.46. The molecule has 1 aliphatic rings. The number of para-hydroxylation sites is 2. The normalized spacial score (nSPS) is 12.2. The van der Waals surface area contributed by atoms with Crippen molar-refractivity contribution in [2.24, 2.45) is 0 Å². The minimum Gasteiger partial charge on any atom is -0.456 e. The highest BCUT2D eigenvalue weighted by Gasteiger charge is 2.21. The van der Waals surface area contributed by atoms with Crippen LogP contribution in [-0.4, -0.2) is 14.5 Å². The summed E-state index contributed by atoms with van der Waals surface area (Å²) in [6.07, 6.45) is 8.09. The van der Waals surface area contributed by atoms with Gasteiger partial charge in [-0.15, -0.1) is 0 Å². The Bertz CT molecular complexity index is 3100. The number of fused-ring (bicyclic) bond motifs is 12. The van der Waals surface area contributed by atoms with Crippen LogP contribution in [0.3, 0.4) is 0 Å². The molecule has 0 saturated carbocycles. The van der Waals surface area contributed by atoms with Gasteiger partial charge in [-0.3, -0.25) is 4.57 Å². The second-order valence-corrected chi connectivity index (χ2v) is 13.4. The quantitative estimate of drug-likeness (QED) is 0.182. The largest absolute Gasteiger partial charge is 0.456 e. The number of ether oxygens (including phenoxy) is 1. The van der Waals surface area contributed by atoms with Gasteiger partial charge in [-0.05, 0) is 100 Å². The molecule has 0 aliphatic carbocycles. The Balaban J connectivity index is 1.16. The van der Waals surface area contributed by atoms with Crippen LogP contribution in [-0.2, 0) is 0 Å². The van der Waals surface area contributed by atoms with Crippen molar-refractivity contribution >= 4 is 56.0 Å². The Labute approximate surface area is 304 Å². The number of aromatic nitrogens is 3. The highest BCUT2D eigenvalue weighted by molar-refractivity contribution is 6.10. The number of hydrogen-bond acceptors (Lipinski definition) is 4. The molecule has 0 radical (unpaired) electrons. The van der Waals surface area contributed by atoms with Crippen molar-refractivity contribution in [3.05, 3.63) is 175 Å². The van der Waals surface area contributed by atoms with Crippen LogP contribution in [0.2, 0.25) is 0 Å². The summed E-state index contributed by atoms with van der Waals surface area (Å²) in [5.41, 5.74) is 12.1. The summed E-state index contributed by atoms with van der Waals surface area (Å²) in [5, 5.41) is 4.28. The minimum atomic E-state index is 0.766. The van der Waals surface area contributed by atoms with Crippen LogP contribution >= 0.6 is 0 Å². The van der Waals surface area contributed by atoms with Crippen LogP contribution in [0.25, 0.3) is 95.2 Å². The molecule has 5 heterocycles. The van der Waals surface area contributed by atoms with E-state index in [0.29, 0.717) is 0 Å². The van der Waals surface area contributed by atoms with Crippen LogP contribution < -0.4 is 4.74 Å². The molecule has 0 atom stereocenters. The van der Waals surface area contributed by atoms with E-state index in [-0.39, 0.29) is 0 Å². The average molecular weight is 680 g/mol. The lowest BCUT2D eigenvalue weighted by Gasteiger charge is -2.17. The summed E-state index contributed by atoms with van der Waals surface area (Å²) in [4.78, 5) is 9.46. The van der Waals surface area contributed by atoms with Crippen molar-refractivity contribution in [1.29, 1.82) is 0 Å². The van der Waals surface area contributed by atoms with Crippen LogP contribution in [0.15, 0.2) is 168 Å². The highest BCUT2D eigenvalue weighted by atomic mass is 16.5. The van der Waals surface area contributed by atoms with Crippen LogP contribution in [0.4, 0.5) is 0 Å². The van der Waals surface area contributed by atoms with E-state index in [4.69, 9.17) is 14.1 Å². The Hall–Kier alpha value is -7.24. The summed E-state index contributed by atoms with van der Waals surface area (Å²) in [6.45, 7) is 0. The molecule has 0 unspecified atom stereocenters. The summed E-state index contributed by atoms with van der Waals surface area (Å²) >= 11 is 0. The van der Waals surface area contributed by atoms with Gasteiger partial charge in [-0.1, -0.05) is 97.1 Å². The lowest BCUT2D eigenvalue weighted by molar-refractivity contribution is 0.487. The van der Waals surface area contributed by atoms with Gasteiger partial charge in [0.1, 0.15) is 34.1 Å². The Morgan fingerprint density at radius 3 is 2.11 bits per heavy atom. The summed E-state index contributed by atoms with van der Waals surface area (Å²) in [6, 6.07) is 52.7. The molecular weight excluding hydrogens is 651 g/mol. The predicted octanol–water partition coefficient (Wildman–Crippen LogP) is 12.8. The van der Waals surface area contributed by atoms with E-state index in [1.54, 1.807) is 0 Å². The molecule has 11 rings (SSSR count). The number of hydrogen-bond donors (Lipinski definition) is 0. The first-order valence-electron chi connectivity index (χ1n) is 17.7. The van der Waals surface area contributed by atoms with E-state index in [0.717, 1.165) is 106 Å². The molecule has 1 aliphatic heterocycles. The van der Waals surface area contributed by atoms with Gasteiger partial charge >= 0.3 is 0 Å². The molecule has 5 nitrogen and oxygen atoms in total. The molecular formula is C48H29N3O2. The fourth-order valence-electron chi connectivity index (χ4n) is 7.87. The molecule has 0 N–H and O–H groups in total. The van der Waals surface area contributed by atoms with Gasteiger partial charge in [0, 0.05) is 45.1 Å². The molecule has 0 fully saturated rings. The van der Waals surface area contributed by atoms with Crippen molar-refractivity contribution in [3.8, 4) is 50.7 Å². The first kappa shape index (κ1) is 29.5. The molecule has 6 aromatic carbocycles. The van der Waals surface area contributed by atoms with E-state index in [1.807, 2.05) is 60.9 Å². The second kappa shape index (κ2) is 11.7. The zero-order chi connectivity index (χ0) is 34.9. The molecule has 0 saturated heterocycles. The molecule has 53 heavy (non-hydrogen) atoms. The van der Waals surface area contributed by atoms with Gasteiger partial charge in [0.2, 0.25) is 0 Å². The number of benzene rings is 6. The second-order valence-electron chi connectivity index (χ2n) is 13.4. The van der Waals surface area contributed by atoms with Crippen molar-refractivity contribution in [1.82, 2.24) is 14.5 Å². The Morgan fingerprint density at radius 1 is 0.434 bits per heavy atom. The van der Waals surface area contributed by atoms with Gasteiger partial charge < -0.3 is 9.15 Å². The standard InChI is InChI=1S/C48H29N3O2/c1-2-11-34-30(10-1)18-19-31-20-21-32(33-22-23-42-39(27-33)37-14-9-25-50-48(37)51(42)47-17-7-8-24-49-47)26-38(31)41-29-45-40(36-13-4-6-16-44(36)53-45)28-46(41)52-43-15-5-3-12-35(34)43/h1-29H. The van der Waals surface area contributed by atoms with E-state index >= 15 is 0 Å². The average Bonchev–Trinajstić information content (AvgIpc) is 3.74. The van der Waals surface area contributed by atoms with Crippen LogP contribution in [0.5, 0.6) is 11.5 Å². The van der Waals surface area contributed by atoms with Gasteiger partial charge in [0.15, 0.2) is 0 Å². The third-order valence-corrected chi connectivity index (χ3v) is 10.4. The third-order valence-electron chi connectivity index (χ3n) is 10.4. The van der Waals surface area contributed by atoms with Crippen molar-refractivity contribution in [3.63, 3.8) is 0 Å². The Kier molecular flexibility index (Phi) is 6.48. The van der Waals surface area contributed by atoms with Crippen LogP contribution in [0, 0.1) is 0 Å². The fraction of sp³-hybridized carbons (Fsp3) is 0. The third kappa shape index (κ3) is 4.71. The molecule has 4 aromatic heterocycles. The first-order valence-corrected chi connectivity index (χ1v) is 17.7. The summed E-state index contributed by atoms with van der Waals surface area (Å²) in [7, 11) is 0. The topological polar surface area (TPSA) is 53.1 Å². The smallest absolute Gasteiger partial charge is 0.146 e. The van der Waals surface area contributed by atoms with E-state index in [2.05, 4.69) is 125 Å². The SMILES string of the molecule is C1=Cc2ccc(-c3ccc4c(c3)c3cccnc3n4-c3ccccn3)cc2-c2cc3oc4ccccc4c3cc2Oc2ccccc2-c2ccccc21. The zero-order valence-electron chi connectivity index (χ0n) is 28.4. The molecule has 0 bridgehead atoms. The van der Waals surface area contributed by atoms with E-state index < -0.39 is 0 Å². The number of pyridine rings is 2. The van der Waals surface area contributed by atoms with Gasteiger partial charge in [0.25, 0.3) is 0 Å². The molecule has 10 aromatic rings.